The molecule has 1 amide bonds. The van der Waals surface area contributed by atoms with Crippen LogP contribution in [0.4, 0.5) is 0 Å². The first-order valence-electron chi connectivity index (χ1n) is 9.12. The van der Waals surface area contributed by atoms with E-state index in [9.17, 15) is 13.2 Å². The number of carbonyl (C=O) groups is 1. The van der Waals surface area contributed by atoms with Gasteiger partial charge in [-0.05, 0) is 50.1 Å². The van der Waals surface area contributed by atoms with Gasteiger partial charge in [0, 0.05) is 24.2 Å². The second kappa shape index (κ2) is 10.0. The topological polar surface area (TPSA) is 87.3 Å². The maximum atomic E-state index is 12.6. The summed E-state index contributed by atoms with van der Waals surface area (Å²) in [4.78, 5) is 12.6. The predicted octanol–water partition coefficient (Wildman–Crippen LogP) is 2.46. The molecule has 1 aliphatic heterocycles. The first-order valence-corrected chi connectivity index (χ1v) is 10.6. The van der Waals surface area contributed by atoms with Crippen molar-refractivity contribution >= 4 is 28.3 Å². The molecule has 2 aromatic rings. The lowest BCUT2D eigenvalue weighted by Crippen LogP contribution is -2.46. The Labute approximate surface area is 172 Å². The number of benzene rings is 2. The quantitative estimate of drug-likeness (QED) is 0.666. The van der Waals surface area contributed by atoms with Crippen LogP contribution in [0.2, 0.25) is 0 Å². The van der Waals surface area contributed by atoms with E-state index in [-0.39, 0.29) is 35.8 Å². The highest BCUT2D eigenvalue weighted by Gasteiger charge is 2.21. The third kappa shape index (κ3) is 6.04. The SMILES string of the molecule is CC1CC(NC(=O)c2cccc(S(=O)(=O)NCc3ccccc3)c2)CCN1.Cl. The van der Waals surface area contributed by atoms with Gasteiger partial charge in [-0.15, -0.1) is 12.4 Å². The molecular weight excluding hydrogens is 398 g/mol. The van der Waals surface area contributed by atoms with E-state index in [0.29, 0.717) is 11.6 Å². The highest BCUT2D eigenvalue weighted by molar-refractivity contribution is 7.89. The molecule has 0 aromatic heterocycles. The van der Waals surface area contributed by atoms with Gasteiger partial charge in [0.15, 0.2) is 0 Å². The lowest BCUT2D eigenvalue weighted by atomic mass is 10.0. The maximum Gasteiger partial charge on any atom is 0.251 e. The Morgan fingerprint density at radius 3 is 2.61 bits per heavy atom. The summed E-state index contributed by atoms with van der Waals surface area (Å²) >= 11 is 0. The van der Waals surface area contributed by atoms with Crippen LogP contribution >= 0.6 is 12.4 Å². The van der Waals surface area contributed by atoms with Crippen LogP contribution in [0, 0.1) is 0 Å². The first-order chi connectivity index (χ1) is 12.9. The van der Waals surface area contributed by atoms with Gasteiger partial charge in [-0.3, -0.25) is 4.79 Å². The Morgan fingerprint density at radius 1 is 1.14 bits per heavy atom. The van der Waals surface area contributed by atoms with Crippen molar-refractivity contribution in [2.75, 3.05) is 6.54 Å². The molecule has 0 aliphatic carbocycles. The van der Waals surface area contributed by atoms with Crippen molar-refractivity contribution in [2.24, 2.45) is 0 Å². The minimum Gasteiger partial charge on any atom is -0.349 e. The van der Waals surface area contributed by atoms with Gasteiger partial charge in [0.2, 0.25) is 10.0 Å². The third-order valence-electron chi connectivity index (χ3n) is 4.67. The molecule has 3 N–H and O–H groups in total. The summed E-state index contributed by atoms with van der Waals surface area (Å²) in [6.07, 6.45) is 1.73. The number of piperidine rings is 1. The molecule has 1 aliphatic rings. The summed E-state index contributed by atoms with van der Waals surface area (Å²) in [5, 5.41) is 6.35. The average molecular weight is 424 g/mol. The Hall–Kier alpha value is -1.93. The maximum absolute atomic E-state index is 12.6. The summed E-state index contributed by atoms with van der Waals surface area (Å²) in [5.41, 5.74) is 1.22. The molecule has 3 rings (SSSR count). The van der Waals surface area contributed by atoms with Crippen LogP contribution in [-0.4, -0.2) is 33.0 Å². The molecule has 2 aromatic carbocycles. The Morgan fingerprint density at radius 2 is 1.89 bits per heavy atom. The summed E-state index contributed by atoms with van der Waals surface area (Å²) < 4.78 is 27.7. The Kier molecular flexibility index (Phi) is 8.00. The van der Waals surface area contributed by atoms with Gasteiger partial charge in [-0.25, -0.2) is 13.1 Å². The zero-order valence-electron chi connectivity index (χ0n) is 15.7. The van der Waals surface area contributed by atoms with Gasteiger partial charge in [0.05, 0.1) is 4.90 Å². The summed E-state index contributed by atoms with van der Waals surface area (Å²) in [6, 6.07) is 15.9. The molecule has 28 heavy (non-hydrogen) atoms. The minimum absolute atomic E-state index is 0. The van der Waals surface area contributed by atoms with E-state index < -0.39 is 10.0 Å². The smallest absolute Gasteiger partial charge is 0.251 e. The van der Waals surface area contributed by atoms with E-state index in [1.807, 2.05) is 30.3 Å². The number of sulfonamides is 1. The highest BCUT2D eigenvalue weighted by atomic mass is 35.5. The monoisotopic (exact) mass is 423 g/mol. The molecule has 2 unspecified atom stereocenters. The van der Waals surface area contributed by atoms with E-state index in [4.69, 9.17) is 0 Å². The number of amides is 1. The molecule has 2 atom stereocenters. The van der Waals surface area contributed by atoms with Crippen molar-refractivity contribution in [1.29, 1.82) is 0 Å². The molecule has 6 nitrogen and oxygen atoms in total. The lowest BCUT2D eigenvalue weighted by molar-refractivity contribution is 0.0925. The summed E-state index contributed by atoms with van der Waals surface area (Å²) in [5.74, 6) is -0.241. The zero-order chi connectivity index (χ0) is 19.3. The second-order valence-corrected chi connectivity index (χ2v) is 8.65. The van der Waals surface area contributed by atoms with Gasteiger partial charge in [-0.1, -0.05) is 36.4 Å². The number of carbonyl (C=O) groups excluding carboxylic acids is 1. The number of hydrogen-bond acceptors (Lipinski definition) is 4. The summed E-state index contributed by atoms with van der Waals surface area (Å²) in [6.45, 7) is 3.15. The van der Waals surface area contributed by atoms with Crippen molar-refractivity contribution in [3.05, 3.63) is 65.7 Å². The normalized spacial score (nSPS) is 19.5. The highest BCUT2D eigenvalue weighted by Crippen LogP contribution is 2.14. The fraction of sp³-hybridized carbons (Fsp3) is 0.350. The van der Waals surface area contributed by atoms with E-state index in [1.165, 1.54) is 12.1 Å². The average Bonchev–Trinajstić information content (AvgIpc) is 2.67. The molecule has 0 spiro atoms. The fourth-order valence-electron chi connectivity index (χ4n) is 3.19. The third-order valence-corrected chi connectivity index (χ3v) is 6.07. The summed E-state index contributed by atoms with van der Waals surface area (Å²) in [7, 11) is -3.70. The van der Waals surface area contributed by atoms with Crippen LogP contribution in [-0.2, 0) is 16.6 Å². The van der Waals surface area contributed by atoms with Crippen molar-refractivity contribution < 1.29 is 13.2 Å². The molecule has 0 radical (unpaired) electrons. The van der Waals surface area contributed by atoms with Gasteiger partial charge in [-0.2, -0.15) is 0 Å². The van der Waals surface area contributed by atoms with Crippen molar-refractivity contribution in [3.63, 3.8) is 0 Å². The molecule has 0 bridgehead atoms. The molecule has 152 valence electrons. The lowest BCUT2D eigenvalue weighted by Gasteiger charge is -2.28. The van der Waals surface area contributed by atoms with E-state index >= 15 is 0 Å². The van der Waals surface area contributed by atoms with Crippen LogP contribution in [0.3, 0.4) is 0 Å². The van der Waals surface area contributed by atoms with Crippen LogP contribution < -0.4 is 15.4 Å². The molecule has 8 heteroatoms. The standard InChI is InChI=1S/C20H25N3O3S.ClH/c1-15-12-18(10-11-21-15)23-20(24)17-8-5-9-19(13-17)27(25,26)22-14-16-6-3-2-4-7-16;/h2-9,13,15,18,21-22H,10-12,14H2,1H3,(H,23,24);1H. The second-order valence-electron chi connectivity index (χ2n) is 6.89. The minimum atomic E-state index is -3.70. The molecule has 1 saturated heterocycles. The van der Waals surface area contributed by atoms with E-state index in [2.05, 4.69) is 22.3 Å². The largest absolute Gasteiger partial charge is 0.349 e. The van der Waals surface area contributed by atoms with Gasteiger partial charge in [0.1, 0.15) is 0 Å². The van der Waals surface area contributed by atoms with Crippen LogP contribution in [0.25, 0.3) is 0 Å². The van der Waals surface area contributed by atoms with Crippen molar-refractivity contribution in [3.8, 4) is 0 Å². The number of hydrogen-bond donors (Lipinski definition) is 3. The predicted molar refractivity (Wildman–Crippen MR) is 112 cm³/mol. The van der Waals surface area contributed by atoms with E-state index in [1.54, 1.807) is 12.1 Å². The number of halogens is 1. The Balaban J connectivity index is 0.00000280. The van der Waals surface area contributed by atoms with Crippen molar-refractivity contribution in [1.82, 2.24) is 15.4 Å². The van der Waals surface area contributed by atoms with Gasteiger partial charge < -0.3 is 10.6 Å². The molecule has 0 saturated carbocycles. The molecule has 1 heterocycles. The molecular formula is C20H26ClN3O3S. The van der Waals surface area contributed by atoms with Crippen LogP contribution in [0.1, 0.15) is 35.7 Å². The molecule has 1 fully saturated rings. The fourth-order valence-corrected chi connectivity index (χ4v) is 4.26. The van der Waals surface area contributed by atoms with Crippen molar-refractivity contribution in [2.45, 2.75) is 43.3 Å². The first kappa shape index (κ1) is 22.4. The van der Waals surface area contributed by atoms with Gasteiger partial charge in [0.25, 0.3) is 5.91 Å². The van der Waals surface area contributed by atoms with E-state index in [0.717, 1.165) is 24.9 Å². The Bertz CT molecular complexity index is 891. The van der Waals surface area contributed by atoms with Gasteiger partial charge >= 0.3 is 0 Å². The van der Waals surface area contributed by atoms with Crippen LogP contribution in [0.5, 0.6) is 0 Å². The van der Waals surface area contributed by atoms with Crippen LogP contribution in [0.15, 0.2) is 59.5 Å². The zero-order valence-corrected chi connectivity index (χ0v) is 17.4. The number of nitrogens with one attached hydrogen (secondary N) is 3. The number of rotatable bonds is 6.